The van der Waals surface area contributed by atoms with Gasteiger partial charge < -0.3 is 15.0 Å². The molecule has 1 aliphatic carbocycles. The molecule has 0 spiro atoms. The van der Waals surface area contributed by atoms with Crippen LogP contribution in [0.25, 0.3) is 0 Å². The van der Waals surface area contributed by atoms with Crippen LogP contribution in [0.4, 0.5) is 10.1 Å². The second kappa shape index (κ2) is 9.40. The van der Waals surface area contributed by atoms with E-state index in [1.807, 2.05) is 29.2 Å². The third kappa shape index (κ3) is 5.22. The van der Waals surface area contributed by atoms with Crippen molar-refractivity contribution >= 4 is 11.6 Å². The lowest BCUT2D eigenvalue weighted by Crippen LogP contribution is -2.43. The number of amides is 1. The van der Waals surface area contributed by atoms with E-state index in [0.29, 0.717) is 12.3 Å². The number of hydrogen-bond acceptors (Lipinski definition) is 3. The maximum atomic E-state index is 13.2. The summed E-state index contributed by atoms with van der Waals surface area (Å²) in [6, 6.07) is 14.2. The molecule has 27 heavy (non-hydrogen) atoms. The van der Waals surface area contributed by atoms with Crippen molar-refractivity contribution < 1.29 is 13.9 Å². The van der Waals surface area contributed by atoms with Crippen LogP contribution in [0.1, 0.15) is 37.7 Å². The summed E-state index contributed by atoms with van der Waals surface area (Å²) in [4.78, 5) is 15.0. The Morgan fingerprint density at radius 3 is 2.52 bits per heavy atom. The summed E-state index contributed by atoms with van der Waals surface area (Å²) in [6.45, 7) is 0.718. The van der Waals surface area contributed by atoms with Gasteiger partial charge in [0.1, 0.15) is 11.6 Å². The smallest absolute Gasteiger partial charge is 0.242 e. The number of halogens is 1. The molecule has 1 N–H and O–H groups in total. The van der Waals surface area contributed by atoms with Crippen LogP contribution in [0.3, 0.4) is 0 Å². The number of benzene rings is 2. The van der Waals surface area contributed by atoms with Gasteiger partial charge in [-0.05, 0) is 42.7 Å². The monoisotopic (exact) mass is 370 g/mol. The summed E-state index contributed by atoms with van der Waals surface area (Å²) in [7, 11) is 1.62. The van der Waals surface area contributed by atoms with E-state index >= 15 is 0 Å². The van der Waals surface area contributed by atoms with E-state index < -0.39 is 0 Å². The Morgan fingerprint density at radius 1 is 1.11 bits per heavy atom. The second-order valence-corrected chi connectivity index (χ2v) is 6.99. The number of anilines is 1. The molecule has 0 unspecified atom stereocenters. The molecular formula is C22H27FN2O2. The van der Waals surface area contributed by atoms with Gasteiger partial charge in [0.2, 0.25) is 5.91 Å². The molecule has 5 heteroatoms. The number of rotatable bonds is 7. The van der Waals surface area contributed by atoms with Gasteiger partial charge in [0.05, 0.1) is 19.3 Å². The lowest BCUT2D eigenvalue weighted by Gasteiger charge is -2.35. The van der Waals surface area contributed by atoms with Crippen LogP contribution < -0.4 is 10.1 Å². The van der Waals surface area contributed by atoms with Gasteiger partial charge >= 0.3 is 0 Å². The van der Waals surface area contributed by atoms with Crippen LogP contribution in [0, 0.1) is 5.82 Å². The Labute approximate surface area is 160 Å². The first-order valence-electron chi connectivity index (χ1n) is 9.58. The normalized spacial score (nSPS) is 14.6. The summed E-state index contributed by atoms with van der Waals surface area (Å²) in [5.41, 5.74) is 1.76. The molecule has 0 heterocycles. The average Bonchev–Trinajstić information content (AvgIpc) is 2.72. The van der Waals surface area contributed by atoms with E-state index in [-0.39, 0.29) is 24.3 Å². The van der Waals surface area contributed by atoms with Crippen LogP contribution in [0.5, 0.6) is 5.75 Å². The van der Waals surface area contributed by atoms with Crippen molar-refractivity contribution in [1.82, 2.24) is 4.90 Å². The van der Waals surface area contributed by atoms with E-state index in [1.165, 1.54) is 18.6 Å². The highest BCUT2D eigenvalue weighted by atomic mass is 19.1. The number of para-hydroxylation sites is 2. The molecular weight excluding hydrogens is 343 g/mol. The number of nitrogens with one attached hydrogen (secondary N) is 1. The van der Waals surface area contributed by atoms with Gasteiger partial charge in [-0.1, -0.05) is 43.5 Å². The van der Waals surface area contributed by atoms with Crippen LogP contribution in [-0.4, -0.2) is 30.5 Å². The standard InChI is InChI=1S/C22H27FN2O2/c1-27-21-10-6-5-9-20(21)24-15-22(26)25(19-7-3-2-4-8-19)16-17-11-13-18(23)14-12-17/h5-6,9-14,19,24H,2-4,7-8,15-16H2,1H3. The predicted molar refractivity (Wildman–Crippen MR) is 105 cm³/mol. The molecule has 0 aromatic heterocycles. The van der Waals surface area contributed by atoms with Gasteiger partial charge in [-0.25, -0.2) is 4.39 Å². The zero-order chi connectivity index (χ0) is 19.1. The minimum Gasteiger partial charge on any atom is -0.495 e. The van der Waals surface area contributed by atoms with E-state index in [4.69, 9.17) is 4.74 Å². The SMILES string of the molecule is COc1ccccc1NCC(=O)N(Cc1ccc(F)cc1)C1CCCCC1. The molecule has 1 amide bonds. The maximum Gasteiger partial charge on any atom is 0.242 e. The molecule has 0 aliphatic heterocycles. The lowest BCUT2D eigenvalue weighted by atomic mass is 9.93. The predicted octanol–water partition coefficient (Wildman–Crippen LogP) is 4.61. The quantitative estimate of drug-likeness (QED) is 0.774. The van der Waals surface area contributed by atoms with Crippen molar-refractivity contribution in [3.8, 4) is 5.75 Å². The van der Waals surface area contributed by atoms with E-state index in [2.05, 4.69) is 5.32 Å². The van der Waals surface area contributed by atoms with Crippen LogP contribution in [0.15, 0.2) is 48.5 Å². The second-order valence-electron chi connectivity index (χ2n) is 6.99. The van der Waals surface area contributed by atoms with Crippen molar-refractivity contribution in [1.29, 1.82) is 0 Å². The van der Waals surface area contributed by atoms with Crippen LogP contribution in [-0.2, 0) is 11.3 Å². The first-order valence-corrected chi connectivity index (χ1v) is 9.58. The molecule has 2 aromatic rings. The molecule has 1 fully saturated rings. The first-order chi connectivity index (χ1) is 13.2. The fraction of sp³-hybridized carbons (Fsp3) is 0.409. The van der Waals surface area contributed by atoms with Gasteiger partial charge in [0.25, 0.3) is 0 Å². The Bertz CT molecular complexity index is 742. The highest BCUT2D eigenvalue weighted by molar-refractivity contribution is 5.81. The summed E-state index contributed by atoms with van der Waals surface area (Å²) >= 11 is 0. The van der Waals surface area contributed by atoms with E-state index in [1.54, 1.807) is 19.2 Å². The molecule has 1 saturated carbocycles. The number of ether oxygens (including phenoxy) is 1. The minimum absolute atomic E-state index is 0.0529. The van der Waals surface area contributed by atoms with Gasteiger partial charge in [0.15, 0.2) is 0 Å². The van der Waals surface area contributed by atoms with Crippen molar-refractivity contribution in [3.63, 3.8) is 0 Å². The van der Waals surface area contributed by atoms with Gasteiger partial charge in [-0.2, -0.15) is 0 Å². The van der Waals surface area contributed by atoms with Crippen LogP contribution in [0.2, 0.25) is 0 Å². The Hall–Kier alpha value is -2.56. The fourth-order valence-electron chi connectivity index (χ4n) is 3.66. The van der Waals surface area contributed by atoms with Gasteiger partial charge in [-0.3, -0.25) is 4.79 Å². The number of nitrogens with zero attached hydrogens (tertiary/aromatic N) is 1. The summed E-state index contributed by atoms with van der Waals surface area (Å²) in [6.07, 6.45) is 5.59. The molecule has 1 aliphatic rings. The van der Waals surface area contributed by atoms with E-state index in [0.717, 1.165) is 36.9 Å². The number of carbonyl (C=O) groups excluding carboxylic acids is 1. The van der Waals surface area contributed by atoms with Crippen molar-refractivity contribution in [3.05, 3.63) is 59.9 Å². The summed E-state index contributed by atoms with van der Waals surface area (Å²) in [5.74, 6) is 0.511. The van der Waals surface area contributed by atoms with Crippen LogP contribution >= 0.6 is 0 Å². The first kappa shape index (κ1) is 19.2. The van der Waals surface area contributed by atoms with Crippen molar-refractivity contribution in [2.75, 3.05) is 19.0 Å². The van der Waals surface area contributed by atoms with E-state index in [9.17, 15) is 9.18 Å². The zero-order valence-electron chi connectivity index (χ0n) is 15.8. The maximum absolute atomic E-state index is 13.2. The molecule has 4 nitrogen and oxygen atoms in total. The summed E-state index contributed by atoms with van der Waals surface area (Å²) < 4.78 is 18.6. The number of methoxy groups -OCH3 is 1. The zero-order valence-corrected chi connectivity index (χ0v) is 15.8. The third-order valence-electron chi connectivity index (χ3n) is 5.14. The third-order valence-corrected chi connectivity index (χ3v) is 5.14. The molecule has 0 bridgehead atoms. The van der Waals surface area contributed by atoms with Crippen molar-refractivity contribution in [2.45, 2.75) is 44.7 Å². The summed E-state index contributed by atoms with van der Waals surface area (Å²) in [5, 5.41) is 3.20. The van der Waals surface area contributed by atoms with Gasteiger partial charge in [-0.15, -0.1) is 0 Å². The number of hydrogen-bond donors (Lipinski definition) is 1. The highest BCUT2D eigenvalue weighted by Crippen LogP contribution is 2.26. The lowest BCUT2D eigenvalue weighted by molar-refractivity contribution is -0.133. The highest BCUT2D eigenvalue weighted by Gasteiger charge is 2.25. The molecule has 0 saturated heterocycles. The number of carbonyl (C=O) groups is 1. The molecule has 0 atom stereocenters. The Morgan fingerprint density at radius 2 is 1.81 bits per heavy atom. The fourth-order valence-corrected chi connectivity index (χ4v) is 3.66. The Balaban J connectivity index is 1.70. The minimum atomic E-state index is -0.257. The van der Waals surface area contributed by atoms with Crippen molar-refractivity contribution in [2.24, 2.45) is 0 Å². The molecule has 2 aromatic carbocycles. The average molecular weight is 370 g/mol. The molecule has 144 valence electrons. The van der Waals surface area contributed by atoms with Gasteiger partial charge in [0, 0.05) is 12.6 Å². The largest absolute Gasteiger partial charge is 0.495 e. The Kier molecular flexibility index (Phi) is 6.69. The topological polar surface area (TPSA) is 41.6 Å². The molecule has 0 radical (unpaired) electrons. The molecule has 3 rings (SSSR count).